The molecule has 7 heteroatoms. The number of aromatic amines is 1. The second-order valence-electron chi connectivity index (χ2n) is 4.08. The van der Waals surface area contributed by atoms with Crippen molar-refractivity contribution >= 4 is 0 Å². The highest BCUT2D eigenvalue weighted by atomic mass is 19.4. The summed E-state index contributed by atoms with van der Waals surface area (Å²) in [6.07, 6.45) is -0.922. The second-order valence-corrected chi connectivity index (χ2v) is 4.08. The highest BCUT2D eigenvalue weighted by Crippen LogP contribution is 2.30. The first-order valence-corrected chi connectivity index (χ1v) is 6.05. The van der Waals surface area contributed by atoms with E-state index in [-0.39, 0.29) is 0 Å². The van der Waals surface area contributed by atoms with E-state index in [4.69, 9.17) is 4.74 Å². The number of ether oxygens (including phenoxy) is 1. The molecular formula is C13H14F3N3O. The Labute approximate surface area is 114 Å². The van der Waals surface area contributed by atoms with Crippen molar-refractivity contribution in [1.82, 2.24) is 15.3 Å². The van der Waals surface area contributed by atoms with Gasteiger partial charge in [0.1, 0.15) is 18.2 Å². The first-order valence-electron chi connectivity index (χ1n) is 6.05. The summed E-state index contributed by atoms with van der Waals surface area (Å²) in [5, 5.41) is 3.09. The van der Waals surface area contributed by atoms with Crippen LogP contribution in [0, 0.1) is 0 Å². The molecule has 0 atom stereocenters. The number of rotatable bonds is 6. The summed E-state index contributed by atoms with van der Waals surface area (Å²) in [4.78, 5) is 6.98. The van der Waals surface area contributed by atoms with Crippen LogP contribution < -0.4 is 10.1 Å². The predicted octanol–water partition coefficient (Wildman–Crippen LogP) is 2.60. The molecule has 0 unspecified atom stereocenters. The summed E-state index contributed by atoms with van der Waals surface area (Å²) in [7, 11) is 0. The molecule has 1 aromatic carbocycles. The fourth-order valence-corrected chi connectivity index (χ4v) is 1.58. The third-order valence-corrected chi connectivity index (χ3v) is 2.58. The summed E-state index contributed by atoms with van der Waals surface area (Å²) < 4.78 is 42.4. The molecular weight excluding hydrogens is 271 g/mol. The molecule has 0 amide bonds. The first-order chi connectivity index (χ1) is 9.55. The fraction of sp³-hybridized carbons (Fsp3) is 0.308. The minimum absolute atomic E-state index is 0.367. The Balaban J connectivity index is 1.69. The van der Waals surface area contributed by atoms with Gasteiger partial charge in [-0.15, -0.1) is 0 Å². The van der Waals surface area contributed by atoms with Crippen molar-refractivity contribution in [2.24, 2.45) is 0 Å². The van der Waals surface area contributed by atoms with Gasteiger partial charge in [-0.2, -0.15) is 13.2 Å². The average molecular weight is 285 g/mol. The van der Waals surface area contributed by atoms with Crippen LogP contribution in [0.15, 0.2) is 36.7 Å². The van der Waals surface area contributed by atoms with Crippen LogP contribution in [0.3, 0.4) is 0 Å². The molecule has 2 N–H and O–H groups in total. The summed E-state index contributed by atoms with van der Waals surface area (Å²) in [6.45, 7) is 1.52. The van der Waals surface area contributed by atoms with Gasteiger partial charge in [0, 0.05) is 18.9 Å². The number of H-pyrrole nitrogens is 1. The molecule has 4 nitrogen and oxygen atoms in total. The Bertz CT molecular complexity index is 509. The fourth-order valence-electron chi connectivity index (χ4n) is 1.58. The molecule has 0 saturated heterocycles. The average Bonchev–Trinajstić information content (AvgIpc) is 2.91. The lowest BCUT2D eigenvalue weighted by atomic mass is 10.2. The van der Waals surface area contributed by atoms with Crippen LogP contribution in [-0.2, 0) is 12.7 Å². The number of nitrogens with zero attached hydrogens (tertiary/aromatic N) is 1. The number of aromatic nitrogens is 2. The van der Waals surface area contributed by atoms with Gasteiger partial charge in [-0.1, -0.05) is 0 Å². The molecule has 108 valence electrons. The van der Waals surface area contributed by atoms with Crippen LogP contribution in [0.4, 0.5) is 13.2 Å². The highest BCUT2D eigenvalue weighted by molar-refractivity contribution is 5.28. The number of halogens is 3. The van der Waals surface area contributed by atoms with E-state index in [2.05, 4.69) is 15.3 Å². The topological polar surface area (TPSA) is 49.9 Å². The van der Waals surface area contributed by atoms with Crippen LogP contribution >= 0.6 is 0 Å². The van der Waals surface area contributed by atoms with Crippen molar-refractivity contribution in [3.05, 3.63) is 48.0 Å². The highest BCUT2D eigenvalue weighted by Gasteiger charge is 2.29. The van der Waals surface area contributed by atoms with Gasteiger partial charge in [0.25, 0.3) is 0 Å². The smallest absolute Gasteiger partial charge is 0.416 e. The number of hydrogen-bond donors (Lipinski definition) is 2. The van der Waals surface area contributed by atoms with Gasteiger partial charge in [-0.05, 0) is 24.3 Å². The molecule has 1 heterocycles. The molecule has 20 heavy (non-hydrogen) atoms. The minimum atomic E-state index is -4.32. The van der Waals surface area contributed by atoms with Crippen LogP contribution in [-0.4, -0.2) is 23.1 Å². The maximum atomic E-state index is 12.3. The largest absolute Gasteiger partial charge is 0.492 e. The zero-order valence-electron chi connectivity index (χ0n) is 10.6. The molecule has 0 radical (unpaired) electrons. The van der Waals surface area contributed by atoms with Gasteiger partial charge in [-0.3, -0.25) is 0 Å². The van der Waals surface area contributed by atoms with E-state index in [1.54, 1.807) is 12.4 Å². The zero-order chi connectivity index (χ0) is 14.4. The second kappa shape index (κ2) is 6.42. The van der Waals surface area contributed by atoms with E-state index >= 15 is 0 Å². The van der Waals surface area contributed by atoms with Crippen molar-refractivity contribution in [3.8, 4) is 5.75 Å². The van der Waals surface area contributed by atoms with Crippen LogP contribution in [0.25, 0.3) is 0 Å². The van der Waals surface area contributed by atoms with Gasteiger partial charge in [0.15, 0.2) is 0 Å². The van der Waals surface area contributed by atoms with Crippen molar-refractivity contribution < 1.29 is 17.9 Å². The summed E-state index contributed by atoms with van der Waals surface area (Å²) in [6, 6.07) is 4.64. The maximum Gasteiger partial charge on any atom is 0.416 e. The third-order valence-electron chi connectivity index (χ3n) is 2.58. The standard InChI is InChI=1S/C13H14F3N3O/c14-13(15,16)10-1-3-11(4-2-10)20-8-7-17-9-12-18-5-6-19-12/h1-6,17H,7-9H2,(H,18,19). The Kier molecular flexibility index (Phi) is 4.62. The van der Waals surface area contributed by atoms with E-state index in [9.17, 15) is 13.2 Å². The molecule has 0 spiro atoms. The number of benzene rings is 1. The van der Waals surface area contributed by atoms with Crippen molar-refractivity contribution in [2.75, 3.05) is 13.2 Å². The molecule has 0 aliphatic carbocycles. The van der Waals surface area contributed by atoms with E-state index in [0.29, 0.717) is 25.4 Å². The normalized spacial score (nSPS) is 11.6. The van der Waals surface area contributed by atoms with E-state index < -0.39 is 11.7 Å². The lowest BCUT2D eigenvalue weighted by Gasteiger charge is -2.09. The summed E-state index contributed by atoms with van der Waals surface area (Å²) in [5.41, 5.74) is -0.680. The van der Waals surface area contributed by atoms with Gasteiger partial charge in [-0.25, -0.2) is 4.98 Å². The van der Waals surface area contributed by atoms with Crippen LogP contribution in [0.5, 0.6) is 5.75 Å². The van der Waals surface area contributed by atoms with Crippen LogP contribution in [0.2, 0.25) is 0 Å². The predicted molar refractivity (Wildman–Crippen MR) is 67.2 cm³/mol. The van der Waals surface area contributed by atoms with Gasteiger partial charge in [0.05, 0.1) is 12.1 Å². The number of nitrogens with one attached hydrogen (secondary N) is 2. The quantitative estimate of drug-likeness (QED) is 0.802. The van der Waals surface area contributed by atoms with Gasteiger partial charge < -0.3 is 15.0 Å². The third kappa shape index (κ3) is 4.27. The number of imidazole rings is 1. The summed E-state index contributed by atoms with van der Waals surface area (Å²) in [5.74, 6) is 1.23. The molecule has 0 aliphatic heterocycles. The van der Waals surface area contributed by atoms with Crippen molar-refractivity contribution in [2.45, 2.75) is 12.7 Å². The first kappa shape index (κ1) is 14.4. The molecule has 2 rings (SSSR count). The lowest BCUT2D eigenvalue weighted by molar-refractivity contribution is -0.137. The number of hydrogen-bond acceptors (Lipinski definition) is 3. The molecule has 0 fully saturated rings. The van der Waals surface area contributed by atoms with Gasteiger partial charge >= 0.3 is 6.18 Å². The minimum Gasteiger partial charge on any atom is -0.492 e. The number of alkyl halides is 3. The lowest BCUT2D eigenvalue weighted by Crippen LogP contribution is -2.21. The molecule has 0 saturated carbocycles. The van der Waals surface area contributed by atoms with E-state index in [0.717, 1.165) is 18.0 Å². The van der Waals surface area contributed by atoms with E-state index in [1.165, 1.54) is 12.1 Å². The van der Waals surface area contributed by atoms with Crippen molar-refractivity contribution in [3.63, 3.8) is 0 Å². The molecule has 0 bridgehead atoms. The van der Waals surface area contributed by atoms with E-state index in [1.807, 2.05) is 0 Å². The maximum absolute atomic E-state index is 12.3. The van der Waals surface area contributed by atoms with Gasteiger partial charge in [0.2, 0.25) is 0 Å². The SMILES string of the molecule is FC(F)(F)c1ccc(OCCNCc2ncc[nH]2)cc1. The molecule has 1 aromatic heterocycles. The Hall–Kier alpha value is -2.02. The molecule has 0 aliphatic rings. The van der Waals surface area contributed by atoms with Crippen molar-refractivity contribution in [1.29, 1.82) is 0 Å². The monoisotopic (exact) mass is 285 g/mol. The Morgan fingerprint density at radius 1 is 1.20 bits per heavy atom. The Morgan fingerprint density at radius 3 is 2.55 bits per heavy atom. The summed E-state index contributed by atoms with van der Waals surface area (Å²) >= 11 is 0. The Morgan fingerprint density at radius 2 is 1.95 bits per heavy atom. The molecule has 2 aromatic rings. The zero-order valence-corrected chi connectivity index (χ0v) is 10.6. The van der Waals surface area contributed by atoms with Crippen LogP contribution in [0.1, 0.15) is 11.4 Å².